The summed E-state index contributed by atoms with van der Waals surface area (Å²) < 4.78 is 5.19. The molecular weight excluding hydrogens is 276 g/mol. The van der Waals surface area contributed by atoms with Crippen molar-refractivity contribution in [2.24, 2.45) is 4.99 Å². The Morgan fingerprint density at radius 2 is 2.14 bits per heavy atom. The molecule has 5 heteroatoms. The Balaban J connectivity index is 1.74. The van der Waals surface area contributed by atoms with Crippen LogP contribution >= 0.6 is 0 Å². The highest BCUT2D eigenvalue weighted by molar-refractivity contribution is 5.79. The van der Waals surface area contributed by atoms with E-state index in [-0.39, 0.29) is 0 Å². The van der Waals surface area contributed by atoms with Crippen molar-refractivity contribution in [2.75, 3.05) is 40.4 Å². The minimum atomic E-state index is 0.574. The lowest BCUT2D eigenvalue weighted by molar-refractivity contribution is 0.141. The molecule has 0 bridgehead atoms. The van der Waals surface area contributed by atoms with Crippen molar-refractivity contribution >= 4 is 5.96 Å². The fourth-order valence-corrected chi connectivity index (χ4v) is 2.85. The Hall–Kier alpha value is -1.59. The first-order chi connectivity index (χ1) is 10.8. The molecular formula is C17H28N4O. The van der Waals surface area contributed by atoms with Gasteiger partial charge in [-0.3, -0.25) is 9.89 Å². The molecule has 22 heavy (non-hydrogen) atoms. The zero-order valence-corrected chi connectivity index (χ0v) is 13.7. The molecule has 1 aliphatic heterocycles. The summed E-state index contributed by atoms with van der Waals surface area (Å²) in [5, 5.41) is 6.81. The highest BCUT2D eigenvalue weighted by atomic mass is 16.5. The Morgan fingerprint density at radius 3 is 2.86 bits per heavy atom. The lowest BCUT2D eigenvalue weighted by atomic mass is 10.2. The van der Waals surface area contributed by atoms with Gasteiger partial charge in [0.25, 0.3) is 0 Å². The Labute approximate surface area is 133 Å². The van der Waals surface area contributed by atoms with Gasteiger partial charge in [0, 0.05) is 39.8 Å². The highest BCUT2D eigenvalue weighted by Crippen LogP contribution is 2.15. The molecule has 2 N–H and O–H groups in total. The van der Waals surface area contributed by atoms with Crippen molar-refractivity contribution in [3.63, 3.8) is 0 Å². The second-order valence-corrected chi connectivity index (χ2v) is 5.62. The molecule has 2 rings (SSSR count). The second-order valence-electron chi connectivity index (χ2n) is 5.62. The molecule has 5 nitrogen and oxygen atoms in total. The van der Waals surface area contributed by atoms with Gasteiger partial charge in [-0.1, -0.05) is 30.3 Å². The van der Waals surface area contributed by atoms with E-state index in [1.165, 1.54) is 24.9 Å². The Morgan fingerprint density at radius 1 is 1.32 bits per heavy atom. The SMILES string of the molecule is CN=C(NCc1ccccc1)NCC1CCCN1CCOC. The summed E-state index contributed by atoms with van der Waals surface area (Å²) in [6.07, 6.45) is 2.51. The monoisotopic (exact) mass is 304 g/mol. The Bertz CT molecular complexity index is 449. The zero-order valence-electron chi connectivity index (χ0n) is 13.7. The van der Waals surface area contributed by atoms with Gasteiger partial charge in [0.1, 0.15) is 0 Å². The quantitative estimate of drug-likeness (QED) is 0.591. The van der Waals surface area contributed by atoms with Gasteiger partial charge >= 0.3 is 0 Å². The number of ether oxygens (including phenoxy) is 1. The van der Waals surface area contributed by atoms with Gasteiger partial charge in [-0.15, -0.1) is 0 Å². The van der Waals surface area contributed by atoms with Crippen LogP contribution in [0.4, 0.5) is 0 Å². The first-order valence-electron chi connectivity index (χ1n) is 8.05. The van der Waals surface area contributed by atoms with Crippen LogP contribution < -0.4 is 10.6 Å². The van der Waals surface area contributed by atoms with Gasteiger partial charge in [0.15, 0.2) is 5.96 Å². The summed E-state index contributed by atoms with van der Waals surface area (Å²) in [6, 6.07) is 10.9. The molecule has 122 valence electrons. The maximum absolute atomic E-state index is 5.19. The average Bonchev–Trinajstić information content (AvgIpc) is 3.01. The van der Waals surface area contributed by atoms with Crippen molar-refractivity contribution in [3.8, 4) is 0 Å². The molecule has 1 fully saturated rings. The molecule has 0 saturated carbocycles. The van der Waals surface area contributed by atoms with Crippen molar-refractivity contribution in [3.05, 3.63) is 35.9 Å². The number of hydrogen-bond acceptors (Lipinski definition) is 3. The van der Waals surface area contributed by atoms with Crippen molar-refractivity contribution < 1.29 is 4.74 Å². The van der Waals surface area contributed by atoms with E-state index in [1.54, 1.807) is 7.11 Å². The number of aliphatic imine (C=N–C) groups is 1. The van der Waals surface area contributed by atoms with Crippen molar-refractivity contribution in [2.45, 2.75) is 25.4 Å². The van der Waals surface area contributed by atoms with E-state index in [4.69, 9.17) is 4.74 Å². The summed E-state index contributed by atoms with van der Waals surface area (Å²) in [7, 11) is 3.58. The van der Waals surface area contributed by atoms with E-state index in [0.717, 1.165) is 32.2 Å². The smallest absolute Gasteiger partial charge is 0.191 e. The molecule has 1 saturated heterocycles. The van der Waals surface area contributed by atoms with Crippen LogP contribution in [0, 0.1) is 0 Å². The number of methoxy groups -OCH3 is 1. The molecule has 0 radical (unpaired) electrons. The molecule has 1 heterocycles. The first kappa shape index (κ1) is 16.8. The predicted octanol–water partition coefficient (Wildman–Crippen LogP) is 1.46. The largest absolute Gasteiger partial charge is 0.383 e. The summed E-state index contributed by atoms with van der Waals surface area (Å²) in [5.74, 6) is 0.863. The third kappa shape index (κ3) is 5.31. The number of nitrogens with one attached hydrogen (secondary N) is 2. The molecule has 1 aromatic carbocycles. The first-order valence-corrected chi connectivity index (χ1v) is 8.05. The van der Waals surface area contributed by atoms with E-state index in [9.17, 15) is 0 Å². The second kappa shape index (κ2) is 9.43. The van der Waals surface area contributed by atoms with E-state index in [0.29, 0.717) is 6.04 Å². The van der Waals surface area contributed by atoms with Gasteiger partial charge in [0.2, 0.25) is 0 Å². The van der Waals surface area contributed by atoms with Gasteiger partial charge in [-0.2, -0.15) is 0 Å². The molecule has 0 amide bonds. The maximum Gasteiger partial charge on any atom is 0.191 e. The van der Waals surface area contributed by atoms with Crippen LogP contribution in [0.5, 0.6) is 0 Å². The van der Waals surface area contributed by atoms with E-state index in [1.807, 2.05) is 13.1 Å². The van der Waals surface area contributed by atoms with Gasteiger partial charge in [-0.25, -0.2) is 0 Å². The number of rotatable bonds is 7. The maximum atomic E-state index is 5.19. The summed E-state index contributed by atoms with van der Waals surface area (Å²) >= 11 is 0. The molecule has 1 aliphatic rings. The predicted molar refractivity (Wildman–Crippen MR) is 91.1 cm³/mol. The van der Waals surface area contributed by atoms with Crippen LogP contribution in [0.3, 0.4) is 0 Å². The molecule has 1 atom stereocenters. The summed E-state index contributed by atoms with van der Waals surface area (Å²) in [4.78, 5) is 6.80. The third-order valence-electron chi connectivity index (χ3n) is 4.11. The number of benzene rings is 1. The highest BCUT2D eigenvalue weighted by Gasteiger charge is 2.23. The Kier molecular flexibility index (Phi) is 7.19. The number of nitrogens with zero attached hydrogens (tertiary/aromatic N) is 2. The third-order valence-corrected chi connectivity index (χ3v) is 4.11. The summed E-state index contributed by atoms with van der Waals surface area (Å²) in [6.45, 7) is 4.71. The van der Waals surface area contributed by atoms with Crippen molar-refractivity contribution in [1.29, 1.82) is 0 Å². The molecule has 1 unspecified atom stereocenters. The standard InChI is InChI=1S/C17H28N4O/c1-18-17(19-13-15-7-4-3-5-8-15)20-14-16-9-6-10-21(16)11-12-22-2/h3-5,7-8,16H,6,9-14H2,1-2H3,(H2,18,19,20). The normalized spacial score (nSPS) is 19.4. The minimum Gasteiger partial charge on any atom is -0.383 e. The van der Waals surface area contributed by atoms with Crippen molar-refractivity contribution in [1.82, 2.24) is 15.5 Å². The van der Waals surface area contributed by atoms with E-state index in [2.05, 4.69) is 44.8 Å². The fourth-order valence-electron chi connectivity index (χ4n) is 2.85. The van der Waals surface area contributed by atoms with Crippen LogP contribution in [-0.4, -0.2) is 57.3 Å². The minimum absolute atomic E-state index is 0.574. The van der Waals surface area contributed by atoms with Gasteiger partial charge in [0.05, 0.1) is 6.61 Å². The number of guanidine groups is 1. The lowest BCUT2D eigenvalue weighted by Crippen LogP contribution is -2.45. The number of likely N-dealkylation sites (tertiary alicyclic amines) is 1. The van der Waals surface area contributed by atoms with Crippen LogP contribution in [0.25, 0.3) is 0 Å². The van der Waals surface area contributed by atoms with E-state index < -0.39 is 0 Å². The molecule has 1 aromatic rings. The van der Waals surface area contributed by atoms with Gasteiger partial charge < -0.3 is 15.4 Å². The van der Waals surface area contributed by atoms with Crippen LogP contribution in [0.15, 0.2) is 35.3 Å². The number of hydrogen-bond donors (Lipinski definition) is 2. The van der Waals surface area contributed by atoms with Gasteiger partial charge in [-0.05, 0) is 24.9 Å². The zero-order chi connectivity index (χ0) is 15.6. The lowest BCUT2D eigenvalue weighted by Gasteiger charge is -2.25. The topological polar surface area (TPSA) is 48.9 Å². The van der Waals surface area contributed by atoms with E-state index >= 15 is 0 Å². The summed E-state index contributed by atoms with van der Waals surface area (Å²) in [5.41, 5.74) is 1.26. The average molecular weight is 304 g/mol. The molecule has 0 aromatic heterocycles. The van der Waals surface area contributed by atoms with Crippen LogP contribution in [0.2, 0.25) is 0 Å². The molecule has 0 aliphatic carbocycles. The molecule has 0 spiro atoms. The van der Waals surface area contributed by atoms with Crippen LogP contribution in [-0.2, 0) is 11.3 Å². The fraction of sp³-hybridized carbons (Fsp3) is 0.588. The van der Waals surface area contributed by atoms with Crippen LogP contribution in [0.1, 0.15) is 18.4 Å².